The van der Waals surface area contributed by atoms with Crippen molar-refractivity contribution in [3.8, 4) is 0 Å². The Balaban J connectivity index is 1.51. The van der Waals surface area contributed by atoms with Crippen molar-refractivity contribution in [2.75, 3.05) is 6.61 Å². The molecule has 1 fully saturated rings. The van der Waals surface area contributed by atoms with E-state index in [1.165, 1.54) is 18.2 Å². The first-order valence-corrected chi connectivity index (χ1v) is 10.8. The summed E-state index contributed by atoms with van der Waals surface area (Å²) < 4.78 is 92.0. The number of hydrogen-bond donors (Lipinski definition) is 0. The minimum absolute atomic E-state index is 0.0339. The topological polar surface area (TPSA) is 68.8 Å². The zero-order chi connectivity index (χ0) is 23.1. The molecule has 0 radical (unpaired) electrons. The average molecular weight is 467 g/mol. The Hall–Kier alpha value is -2.82. The Kier molecular flexibility index (Phi) is 5.56. The SMILES string of the molecule is Cc1ccc(S(=O)(=O)OCc2ccc(C(F)(F)C3(c4ccc(F)cc4F)CO3)nc2)cc1. The largest absolute Gasteiger partial charge is 0.357 e. The zero-order valence-electron chi connectivity index (χ0n) is 16.7. The van der Waals surface area contributed by atoms with E-state index in [4.69, 9.17) is 8.92 Å². The van der Waals surface area contributed by atoms with Gasteiger partial charge in [0.25, 0.3) is 10.1 Å². The molecule has 10 heteroatoms. The molecule has 0 N–H and O–H groups in total. The van der Waals surface area contributed by atoms with Crippen LogP contribution in [-0.4, -0.2) is 20.0 Å². The number of alkyl halides is 2. The maximum absolute atomic E-state index is 15.1. The molecular formula is C22H17F4NO4S. The standard InChI is InChI=1S/C22H17F4NO4S/c1-14-2-6-17(7-3-14)32(28,29)31-12-15-4-9-20(27-11-15)22(25,26)21(13-30-21)18-8-5-16(23)10-19(18)24/h2-11H,12-13H2,1H3. The Labute approximate surface area is 181 Å². The fraction of sp³-hybridized carbons (Fsp3) is 0.227. The molecule has 2 aromatic carbocycles. The summed E-state index contributed by atoms with van der Waals surface area (Å²) in [4.78, 5) is 3.68. The van der Waals surface area contributed by atoms with E-state index in [-0.39, 0.29) is 10.5 Å². The first-order valence-electron chi connectivity index (χ1n) is 9.44. The second kappa shape index (κ2) is 7.95. The van der Waals surface area contributed by atoms with Gasteiger partial charge >= 0.3 is 5.92 Å². The minimum Gasteiger partial charge on any atom is -0.357 e. The van der Waals surface area contributed by atoms with Gasteiger partial charge in [-0.3, -0.25) is 9.17 Å². The highest BCUT2D eigenvalue weighted by molar-refractivity contribution is 7.86. The highest BCUT2D eigenvalue weighted by Crippen LogP contribution is 2.56. The predicted octanol–water partition coefficient (Wildman–Crippen LogP) is 4.59. The quantitative estimate of drug-likeness (QED) is 0.289. The second-order valence-electron chi connectivity index (χ2n) is 7.40. The molecule has 2 heterocycles. The van der Waals surface area contributed by atoms with Gasteiger partial charge in [0.05, 0.1) is 18.1 Å². The van der Waals surface area contributed by atoms with Crippen LogP contribution in [-0.2, 0) is 37.2 Å². The molecule has 0 aliphatic carbocycles. The molecule has 1 saturated heterocycles. The number of epoxide rings is 1. The van der Waals surface area contributed by atoms with Gasteiger partial charge in [0.2, 0.25) is 0 Å². The normalized spacial score (nSPS) is 18.5. The van der Waals surface area contributed by atoms with E-state index in [9.17, 15) is 17.2 Å². The molecule has 1 aliphatic heterocycles. The number of nitrogens with zero attached hydrogens (tertiary/aromatic N) is 1. The number of aromatic nitrogens is 1. The molecule has 1 aliphatic rings. The minimum atomic E-state index is -4.04. The van der Waals surface area contributed by atoms with Gasteiger partial charge in [0, 0.05) is 17.8 Å². The summed E-state index contributed by atoms with van der Waals surface area (Å²) >= 11 is 0. The highest BCUT2D eigenvalue weighted by atomic mass is 32.2. The van der Waals surface area contributed by atoms with Crippen molar-refractivity contribution in [2.45, 2.75) is 29.9 Å². The fourth-order valence-electron chi connectivity index (χ4n) is 3.22. The lowest BCUT2D eigenvalue weighted by Crippen LogP contribution is -2.34. The van der Waals surface area contributed by atoms with Gasteiger partial charge in [0.15, 0.2) is 5.60 Å². The van der Waals surface area contributed by atoms with Gasteiger partial charge in [-0.25, -0.2) is 8.78 Å². The molecule has 32 heavy (non-hydrogen) atoms. The van der Waals surface area contributed by atoms with Crippen LogP contribution in [0.15, 0.2) is 65.7 Å². The van der Waals surface area contributed by atoms with Crippen LogP contribution in [0.1, 0.15) is 22.4 Å². The summed E-state index contributed by atoms with van der Waals surface area (Å²) in [5.41, 5.74) is -2.35. The van der Waals surface area contributed by atoms with E-state index >= 15 is 8.78 Å². The van der Waals surface area contributed by atoms with Crippen molar-refractivity contribution in [3.63, 3.8) is 0 Å². The van der Waals surface area contributed by atoms with Crippen molar-refractivity contribution in [2.24, 2.45) is 0 Å². The van der Waals surface area contributed by atoms with Crippen LogP contribution in [0.2, 0.25) is 0 Å². The molecule has 1 aromatic heterocycles. The highest BCUT2D eigenvalue weighted by Gasteiger charge is 2.68. The maximum Gasteiger partial charge on any atom is 0.324 e. The van der Waals surface area contributed by atoms with E-state index in [1.807, 2.05) is 6.92 Å². The summed E-state index contributed by atoms with van der Waals surface area (Å²) in [6.07, 6.45) is 1.05. The van der Waals surface area contributed by atoms with Gasteiger partial charge in [-0.05, 0) is 42.8 Å². The molecule has 3 aromatic rings. The molecule has 4 rings (SSSR count). The van der Waals surface area contributed by atoms with Gasteiger partial charge in [-0.1, -0.05) is 23.8 Å². The van der Waals surface area contributed by atoms with E-state index in [0.29, 0.717) is 6.07 Å². The van der Waals surface area contributed by atoms with Crippen LogP contribution in [0.5, 0.6) is 0 Å². The van der Waals surface area contributed by atoms with Crippen LogP contribution < -0.4 is 0 Å². The Bertz CT molecular complexity index is 1240. The summed E-state index contributed by atoms with van der Waals surface area (Å²) in [6.45, 7) is 0.925. The van der Waals surface area contributed by atoms with E-state index in [0.717, 1.165) is 30.0 Å². The average Bonchev–Trinajstić information content (AvgIpc) is 3.55. The first-order chi connectivity index (χ1) is 15.0. The van der Waals surface area contributed by atoms with Crippen molar-refractivity contribution >= 4 is 10.1 Å². The summed E-state index contributed by atoms with van der Waals surface area (Å²) in [7, 11) is -4.04. The summed E-state index contributed by atoms with van der Waals surface area (Å²) in [5.74, 6) is -5.76. The molecule has 0 spiro atoms. The van der Waals surface area contributed by atoms with Crippen LogP contribution in [0.4, 0.5) is 17.6 Å². The smallest absolute Gasteiger partial charge is 0.324 e. The number of benzene rings is 2. The van der Waals surface area contributed by atoms with Crippen LogP contribution in [0, 0.1) is 18.6 Å². The summed E-state index contributed by atoms with van der Waals surface area (Å²) in [5, 5.41) is 0. The van der Waals surface area contributed by atoms with Crippen molar-refractivity contribution in [3.05, 3.63) is 94.8 Å². The third-order valence-electron chi connectivity index (χ3n) is 5.14. The third-order valence-corrected chi connectivity index (χ3v) is 6.42. The van der Waals surface area contributed by atoms with Crippen LogP contribution in [0.25, 0.3) is 0 Å². The van der Waals surface area contributed by atoms with E-state index < -0.39 is 57.7 Å². The number of rotatable bonds is 7. The molecule has 1 unspecified atom stereocenters. The number of aryl methyl sites for hydroxylation is 1. The number of halogens is 4. The van der Waals surface area contributed by atoms with Gasteiger partial charge in [0.1, 0.15) is 17.3 Å². The van der Waals surface area contributed by atoms with Gasteiger partial charge < -0.3 is 4.74 Å². The molecule has 0 bridgehead atoms. The molecule has 168 valence electrons. The number of pyridine rings is 1. The van der Waals surface area contributed by atoms with Crippen LogP contribution in [0.3, 0.4) is 0 Å². The fourth-order valence-corrected chi connectivity index (χ4v) is 4.11. The van der Waals surface area contributed by atoms with Crippen molar-refractivity contribution in [1.82, 2.24) is 4.98 Å². The Morgan fingerprint density at radius 2 is 1.78 bits per heavy atom. The summed E-state index contributed by atoms with van der Waals surface area (Å²) in [6, 6.07) is 10.6. The molecule has 1 atom stereocenters. The molecule has 0 saturated carbocycles. The zero-order valence-corrected chi connectivity index (χ0v) is 17.5. The van der Waals surface area contributed by atoms with Crippen LogP contribution >= 0.6 is 0 Å². The maximum atomic E-state index is 15.1. The van der Waals surface area contributed by atoms with Crippen molar-refractivity contribution < 1.29 is 34.9 Å². The van der Waals surface area contributed by atoms with Crippen molar-refractivity contribution in [1.29, 1.82) is 0 Å². The lowest BCUT2D eigenvalue weighted by atomic mass is 9.90. The monoisotopic (exact) mass is 467 g/mol. The number of hydrogen-bond acceptors (Lipinski definition) is 5. The Morgan fingerprint density at radius 3 is 2.34 bits per heavy atom. The lowest BCUT2D eigenvalue weighted by molar-refractivity contribution is -0.0902. The Morgan fingerprint density at radius 1 is 1.09 bits per heavy atom. The van der Waals surface area contributed by atoms with E-state index in [2.05, 4.69) is 4.98 Å². The van der Waals surface area contributed by atoms with Gasteiger partial charge in [-0.15, -0.1) is 0 Å². The number of ether oxygens (including phenoxy) is 1. The third kappa shape index (κ3) is 4.01. The van der Waals surface area contributed by atoms with Gasteiger partial charge in [-0.2, -0.15) is 17.2 Å². The second-order valence-corrected chi connectivity index (χ2v) is 9.01. The van der Waals surface area contributed by atoms with E-state index in [1.54, 1.807) is 12.1 Å². The molecular weight excluding hydrogens is 450 g/mol. The predicted molar refractivity (Wildman–Crippen MR) is 105 cm³/mol. The lowest BCUT2D eigenvalue weighted by Gasteiger charge is -2.24. The molecule has 5 nitrogen and oxygen atoms in total. The first kappa shape index (κ1) is 22.4. The molecule has 0 amide bonds.